The van der Waals surface area contributed by atoms with Gasteiger partial charge in [0.1, 0.15) is 5.75 Å². The van der Waals surface area contributed by atoms with Crippen LogP contribution in [-0.2, 0) is 9.53 Å². The van der Waals surface area contributed by atoms with Crippen LogP contribution in [0, 0.1) is 0 Å². The molecule has 32 heavy (non-hydrogen) atoms. The number of ether oxygens (including phenoxy) is 2. The molecule has 1 heterocycles. The van der Waals surface area contributed by atoms with Crippen LogP contribution in [0.25, 0.3) is 0 Å². The third-order valence-electron chi connectivity index (χ3n) is 5.26. The maximum absolute atomic E-state index is 12.8. The molecule has 2 amide bonds. The summed E-state index contributed by atoms with van der Waals surface area (Å²) in [5, 5.41) is 2.80. The highest BCUT2D eigenvalue weighted by molar-refractivity contribution is 6.06. The molecule has 0 aliphatic carbocycles. The number of rotatable bonds is 8. The van der Waals surface area contributed by atoms with E-state index < -0.39 is 5.97 Å². The predicted molar refractivity (Wildman–Crippen MR) is 122 cm³/mol. The van der Waals surface area contributed by atoms with Gasteiger partial charge in [0, 0.05) is 18.8 Å². The number of nitrogens with zero attached hydrogens (tertiary/aromatic N) is 1. The van der Waals surface area contributed by atoms with Crippen LogP contribution in [0.5, 0.6) is 5.75 Å². The molecular formula is C25H30N2O5. The largest absolute Gasteiger partial charge is 0.483 e. The number of carbonyl (C=O) groups is 3. The highest BCUT2D eigenvalue weighted by atomic mass is 16.5. The Bertz CT molecular complexity index is 918. The van der Waals surface area contributed by atoms with Gasteiger partial charge in [-0.05, 0) is 55.7 Å². The van der Waals surface area contributed by atoms with Crippen LogP contribution >= 0.6 is 0 Å². The second-order valence-electron chi connectivity index (χ2n) is 7.75. The van der Waals surface area contributed by atoms with E-state index in [0.717, 1.165) is 45.2 Å². The molecule has 7 heteroatoms. The van der Waals surface area contributed by atoms with Crippen molar-refractivity contribution < 1.29 is 23.9 Å². The molecule has 0 radical (unpaired) electrons. The number of amides is 2. The zero-order valence-corrected chi connectivity index (χ0v) is 18.5. The molecule has 170 valence electrons. The van der Waals surface area contributed by atoms with Crippen molar-refractivity contribution in [3.63, 3.8) is 0 Å². The maximum atomic E-state index is 12.8. The molecule has 1 saturated heterocycles. The Morgan fingerprint density at radius 1 is 0.938 bits per heavy atom. The molecule has 1 aliphatic rings. The Morgan fingerprint density at radius 3 is 2.31 bits per heavy atom. The first-order valence-electron chi connectivity index (χ1n) is 11.2. The van der Waals surface area contributed by atoms with E-state index in [0.29, 0.717) is 29.2 Å². The highest BCUT2D eigenvalue weighted by Crippen LogP contribution is 2.21. The summed E-state index contributed by atoms with van der Waals surface area (Å²) in [6.45, 7) is 3.71. The van der Waals surface area contributed by atoms with Gasteiger partial charge in [-0.1, -0.05) is 31.9 Å². The van der Waals surface area contributed by atoms with Crippen molar-refractivity contribution in [3.8, 4) is 5.75 Å². The smallest absolute Gasteiger partial charge is 0.338 e. The normalized spacial score (nSPS) is 13.7. The van der Waals surface area contributed by atoms with E-state index in [2.05, 4.69) is 5.32 Å². The first-order chi connectivity index (χ1) is 15.6. The van der Waals surface area contributed by atoms with E-state index in [1.807, 2.05) is 11.8 Å². The zero-order valence-electron chi connectivity index (χ0n) is 18.5. The Balaban J connectivity index is 1.60. The lowest BCUT2D eigenvalue weighted by Crippen LogP contribution is -2.35. The summed E-state index contributed by atoms with van der Waals surface area (Å²) in [4.78, 5) is 39.1. The van der Waals surface area contributed by atoms with Gasteiger partial charge in [0.2, 0.25) is 0 Å². The number of hydrogen-bond acceptors (Lipinski definition) is 5. The van der Waals surface area contributed by atoms with Gasteiger partial charge >= 0.3 is 5.97 Å². The summed E-state index contributed by atoms with van der Waals surface area (Å²) in [7, 11) is 0. The summed E-state index contributed by atoms with van der Waals surface area (Å²) in [5.74, 6) is -0.456. The van der Waals surface area contributed by atoms with Crippen LogP contribution in [0.4, 0.5) is 5.69 Å². The van der Waals surface area contributed by atoms with Crippen LogP contribution in [0.1, 0.15) is 59.7 Å². The Labute approximate surface area is 188 Å². The van der Waals surface area contributed by atoms with E-state index in [1.54, 1.807) is 48.5 Å². The van der Waals surface area contributed by atoms with Crippen molar-refractivity contribution in [2.45, 2.75) is 39.0 Å². The van der Waals surface area contributed by atoms with Gasteiger partial charge in [0.25, 0.3) is 11.8 Å². The first kappa shape index (κ1) is 23.3. The average molecular weight is 439 g/mol. The molecule has 3 rings (SSSR count). The highest BCUT2D eigenvalue weighted by Gasteiger charge is 2.18. The van der Waals surface area contributed by atoms with Crippen LogP contribution < -0.4 is 10.1 Å². The predicted octanol–water partition coefficient (Wildman–Crippen LogP) is 4.29. The molecule has 1 fully saturated rings. The van der Waals surface area contributed by atoms with Crippen LogP contribution in [0.15, 0.2) is 48.5 Å². The third-order valence-corrected chi connectivity index (χ3v) is 5.26. The summed E-state index contributed by atoms with van der Waals surface area (Å²) < 4.78 is 10.8. The summed E-state index contributed by atoms with van der Waals surface area (Å²) in [6.07, 6.45) is 5.08. The molecule has 0 spiro atoms. The molecule has 0 aromatic heterocycles. The van der Waals surface area contributed by atoms with Crippen molar-refractivity contribution in [3.05, 3.63) is 59.7 Å². The summed E-state index contributed by atoms with van der Waals surface area (Å²) in [6, 6.07) is 13.3. The number of para-hydroxylation sites is 1. The first-order valence-corrected chi connectivity index (χ1v) is 11.2. The minimum absolute atomic E-state index is 0.0624. The number of anilines is 1. The van der Waals surface area contributed by atoms with Gasteiger partial charge in [-0.2, -0.15) is 0 Å². The van der Waals surface area contributed by atoms with Crippen molar-refractivity contribution in [1.29, 1.82) is 0 Å². The van der Waals surface area contributed by atoms with Crippen LogP contribution in [-0.4, -0.2) is 49.0 Å². The number of hydrogen-bond donors (Lipinski definition) is 1. The minimum Gasteiger partial charge on any atom is -0.483 e. The van der Waals surface area contributed by atoms with Gasteiger partial charge in [-0.15, -0.1) is 0 Å². The van der Waals surface area contributed by atoms with E-state index in [1.165, 1.54) is 0 Å². The fraction of sp³-hybridized carbons (Fsp3) is 0.400. The number of benzene rings is 2. The van der Waals surface area contributed by atoms with E-state index in [9.17, 15) is 14.4 Å². The monoisotopic (exact) mass is 438 g/mol. The molecule has 0 unspecified atom stereocenters. The summed E-state index contributed by atoms with van der Waals surface area (Å²) in [5.41, 5.74) is 1.30. The zero-order chi connectivity index (χ0) is 22.8. The lowest BCUT2D eigenvalue weighted by atomic mass is 10.1. The average Bonchev–Trinajstić information content (AvgIpc) is 3.11. The molecule has 7 nitrogen and oxygen atoms in total. The summed E-state index contributed by atoms with van der Waals surface area (Å²) >= 11 is 0. The van der Waals surface area contributed by atoms with Crippen LogP contribution in [0.2, 0.25) is 0 Å². The maximum Gasteiger partial charge on any atom is 0.338 e. The topological polar surface area (TPSA) is 84.9 Å². The second kappa shape index (κ2) is 11.9. The van der Waals surface area contributed by atoms with E-state index in [-0.39, 0.29) is 18.4 Å². The molecule has 2 aromatic carbocycles. The molecule has 2 aromatic rings. The van der Waals surface area contributed by atoms with Crippen LogP contribution in [0.3, 0.4) is 0 Å². The van der Waals surface area contributed by atoms with Gasteiger partial charge in [-0.25, -0.2) is 4.79 Å². The molecule has 0 bridgehead atoms. The van der Waals surface area contributed by atoms with E-state index >= 15 is 0 Å². The number of likely N-dealkylation sites (tertiary alicyclic amines) is 1. The second-order valence-corrected chi connectivity index (χ2v) is 7.75. The third kappa shape index (κ3) is 6.57. The number of carbonyl (C=O) groups excluding carboxylic acids is 3. The Hall–Kier alpha value is -3.35. The Kier molecular flexibility index (Phi) is 8.66. The van der Waals surface area contributed by atoms with Gasteiger partial charge in [-0.3, -0.25) is 9.59 Å². The molecule has 0 saturated carbocycles. The fourth-order valence-electron chi connectivity index (χ4n) is 3.50. The molecule has 0 atom stereocenters. The molecule has 1 N–H and O–H groups in total. The fourth-order valence-corrected chi connectivity index (χ4v) is 3.50. The van der Waals surface area contributed by atoms with Gasteiger partial charge < -0.3 is 19.7 Å². The van der Waals surface area contributed by atoms with Gasteiger partial charge in [0.05, 0.1) is 17.7 Å². The number of nitrogens with one attached hydrogen (secondary N) is 1. The van der Waals surface area contributed by atoms with E-state index in [4.69, 9.17) is 9.47 Å². The number of esters is 1. The van der Waals surface area contributed by atoms with Gasteiger partial charge in [0.15, 0.2) is 6.61 Å². The molecule has 1 aliphatic heterocycles. The standard InChI is InChI=1S/C25H30N2O5/c1-2-17-31-25(30)19-11-13-20(14-12-19)26-24(29)21-9-5-6-10-22(21)32-18-23(28)27-15-7-3-4-8-16-27/h5-6,9-14H,2-4,7-8,15-18H2,1H3,(H,26,29). The lowest BCUT2D eigenvalue weighted by Gasteiger charge is -2.20. The Morgan fingerprint density at radius 2 is 1.62 bits per heavy atom. The molecular weight excluding hydrogens is 408 g/mol. The van der Waals surface area contributed by atoms with Crippen molar-refractivity contribution >= 4 is 23.5 Å². The quantitative estimate of drug-likeness (QED) is 0.622. The lowest BCUT2D eigenvalue weighted by molar-refractivity contribution is -0.133. The van der Waals surface area contributed by atoms with Crippen molar-refractivity contribution in [2.24, 2.45) is 0 Å². The SMILES string of the molecule is CCCOC(=O)c1ccc(NC(=O)c2ccccc2OCC(=O)N2CCCCCC2)cc1. The van der Waals surface area contributed by atoms with Crippen molar-refractivity contribution in [1.82, 2.24) is 4.90 Å². The minimum atomic E-state index is -0.391. The van der Waals surface area contributed by atoms with Crippen molar-refractivity contribution in [2.75, 3.05) is 31.6 Å².